The van der Waals surface area contributed by atoms with Crippen molar-refractivity contribution in [1.82, 2.24) is 16.0 Å². The van der Waals surface area contributed by atoms with Crippen molar-refractivity contribution in [3.05, 3.63) is 0 Å². The molecule has 9 N–H and O–H groups in total. The van der Waals surface area contributed by atoms with Crippen molar-refractivity contribution in [1.29, 1.82) is 0 Å². The van der Waals surface area contributed by atoms with Gasteiger partial charge in [0.1, 0.15) is 18.1 Å². The molecule has 194 valence electrons. The Balaban J connectivity index is 5.67. The highest BCUT2D eigenvalue weighted by atomic mass is 16.4. The molecule has 0 aliphatic heterocycles. The summed E-state index contributed by atoms with van der Waals surface area (Å²) in [6.45, 7) is 6.98. The molecule has 0 bridgehead atoms. The number of carbonyl (C=O) groups excluding carboxylic acids is 4. The first-order chi connectivity index (χ1) is 15.7. The van der Waals surface area contributed by atoms with Crippen LogP contribution in [-0.2, 0) is 28.8 Å². The van der Waals surface area contributed by atoms with E-state index in [9.17, 15) is 33.9 Å². The minimum atomic E-state index is -1.70. The van der Waals surface area contributed by atoms with Gasteiger partial charge in [-0.05, 0) is 18.3 Å². The highest BCUT2D eigenvalue weighted by Crippen LogP contribution is 2.11. The molecule has 4 amide bonds. The molecule has 13 nitrogen and oxygen atoms in total. The zero-order valence-corrected chi connectivity index (χ0v) is 20.0. The molecule has 0 saturated heterocycles. The predicted molar refractivity (Wildman–Crippen MR) is 121 cm³/mol. The molecular weight excluding hydrogens is 450 g/mol. The number of primary amides is 1. The smallest absolute Gasteiger partial charge is 0.326 e. The molecule has 0 aromatic carbocycles. The first-order valence-electron chi connectivity index (χ1n) is 11.1. The van der Waals surface area contributed by atoms with Crippen molar-refractivity contribution in [3.63, 3.8) is 0 Å². The summed E-state index contributed by atoms with van der Waals surface area (Å²) < 4.78 is 0. The maximum Gasteiger partial charge on any atom is 0.326 e. The predicted octanol–water partition coefficient (Wildman–Crippen LogP) is -1.31. The Morgan fingerprint density at radius 3 is 1.76 bits per heavy atom. The van der Waals surface area contributed by atoms with Crippen LogP contribution in [0.2, 0.25) is 0 Å². The van der Waals surface area contributed by atoms with Crippen molar-refractivity contribution < 1.29 is 39.0 Å². The van der Waals surface area contributed by atoms with Gasteiger partial charge in [-0.3, -0.25) is 24.0 Å². The number of aliphatic carboxylic acids is 2. The van der Waals surface area contributed by atoms with E-state index in [2.05, 4.69) is 16.0 Å². The van der Waals surface area contributed by atoms with Gasteiger partial charge in [0.15, 0.2) is 0 Å². The molecule has 0 heterocycles. The van der Waals surface area contributed by atoms with Crippen LogP contribution in [0.5, 0.6) is 0 Å². The number of nitrogens with one attached hydrogen (secondary N) is 3. The quantitative estimate of drug-likeness (QED) is 0.137. The van der Waals surface area contributed by atoms with Crippen LogP contribution in [0.15, 0.2) is 0 Å². The summed E-state index contributed by atoms with van der Waals surface area (Å²) in [5.41, 5.74) is 11.1. The zero-order valence-electron chi connectivity index (χ0n) is 20.0. The number of carbonyl (C=O) groups is 6. The van der Waals surface area contributed by atoms with Crippen molar-refractivity contribution >= 4 is 35.6 Å². The number of carboxylic acid groups (broad SMARTS) is 2. The van der Waals surface area contributed by atoms with E-state index in [1.807, 2.05) is 6.92 Å². The molecule has 0 aromatic heterocycles. The SMILES string of the molecule is CCC(C)C(N)C(=O)NC(CCC(N)=O)C(=O)NC(C(=O)NC(CC(=O)O)C(=O)O)C(C)CC. The molecule has 0 fully saturated rings. The molecule has 0 radical (unpaired) electrons. The average Bonchev–Trinajstić information content (AvgIpc) is 2.76. The second-order valence-corrected chi connectivity index (χ2v) is 8.35. The van der Waals surface area contributed by atoms with E-state index >= 15 is 0 Å². The van der Waals surface area contributed by atoms with Crippen LogP contribution >= 0.6 is 0 Å². The minimum absolute atomic E-state index is 0.147. The third-order valence-electron chi connectivity index (χ3n) is 5.66. The maximum atomic E-state index is 13.0. The number of nitrogens with two attached hydrogens (primary N) is 2. The van der Waals surface area contributed by atoms with Gasteiger partial charge < -0.3 is 37.6 Å². The number of amides is 4. The van der Waals surface area contributed by atoms with Gasteiger partial charge in [0.05, 0.1) is 12.5 Å². The Kier molecular flexibility index (Phi) is 13.4. The Hall–Kier alpha value is -3.22. The van der Waals surface area contributed by atoms with E-state index in [-0.39, 0.29) is 18.8 Å². The second-order valence-electron chi connectivity index (χ2n) is 8.35. The largest absolute Gasteiger partial charge is 0.481 e. The third kappa shape index (κ3) is 10.6. The fraction of sp³-hybridized carbons (Fsp3) is 0.714. The number of hydrogen-bond acceptors (Lipinski definition) is 7. The molecule has 0 aliphatic carbocycles. The molecule has 34 heavy (non-hydrogen) atoms. The topological polar surface area (TPSA) is 231 Å². The second kappa shape index (κ2) is 14.8. The Morgan fingerprint density at radius 2 is 1.32 bits per heavy atom. The Morgan fingerprint density at radius 1 is 0.794 bits per heavy atom. The number of carboxylic acids is 2. The van der Waals surface area contributed by atoms with Gasteiger partial charge >= 0.3 is 11.9 Å². The number of rotatable bonds is 16. The van der Waals surface area contributed by atoms with Crippen LogP contribution < -0.4 is 27.4 Å². The maximum absolute atomic E-state index is 13.0. The first-order valence-corrected chi connectivity index (χ1v) is 11.1. The van der Waals surface area contributed by atoms with Gasteiger partial charge in [-0.2, -0.15) is 0 Å². The summed E-state index contributed by atoms with van der Waals surface area (Å²) >= 11 is 0. The Bertz CT molecular complexity index is 759. The standard InChI is InChI=1S/C21H37N5O8/c1-5-10(3)16(23)19(31)24-12(7-8-14(22)27)18(30)26-17(11(4)6-2)20(32)25-13(21(33)34)9-15(28)29/h10-13,16-17H,5-9,23H2,1-4H3,(H2,22,27)(H,24,31)(H,25,32)(H,26,30)(H,28,29)(H,33,34). The van der Waals surface area contributed by atoms with E-state index in [0.29, 0.717) is 12.8 Å². The molecule has 6 unspecified atom stereocenters. The van der Waals surface area contributed by atoms with Crippen LogP contribution in [-0.4, -0.2) is 69.9 Å². The summed E-state index contributed by atoms with van der Waals surface area (Å²) in [7, 11) is 0. The molecule has 13 heteroatoms. The van der Waals surface area contributed by atoms with E-state index in [1.165, 1.54) is 0 Å². The zero-order chi connectivity index (χ0) is 26.6. The third-order valence-corrected chi connectivity index (χ3v) is 5.66. The van der Waals surface area contributed by atoms with E-state index in [0.717, 1.165) is 0 Å². The summed E-state index contributed by atoms with van der Waals surface area (Å²) in [6.07, 6.45) is -0.202. The van der Waals surface area contributed by atoms with E-state index < -0.39 is 72.1 Å². The fourth-order valence-electron chi connectivity index (χ4n) is 2.93. The highest BCUT2D eigenvalue weighted by Gasteiger charge is 2.33. The molecule has 0 saturated carbocycles. The van der Waals surface area contributed by atoms with Gasteiger partial charge in [0, 0.05) is 6.42 Å². The monoisotopic (exact) mass is 487 g/mol. The van der Waals surface area contributed by atoms with Crippen LogP contribution in [0.1, 0.15) is 59.8 Å². The highest BCUT2D eigenvalue weighted by molar-refractivity contribution is 5.95. The average molecular weight is 488 g/mol. The minimum Gasteiger partial charge on any atom is -0.481 e. The molecular formula is C21H37N5O8. The molecule has 6 atom stereocenters. The van der Waals surface area contributed by atoms with Crippen LogP contribution in [0, 0.1) is 11.8 Å². The van der Waals surface area contributed by atoms with Gasteiger partial charge in [-0.1, -0.05) is 40.5 Å². The van der Waals surface area contributed by atoms with Gasteiger partial charge in [0.25, 0.3) is 0 Å². The molecule has 0 rings (SSSR count). The van der Waals surface area contributed by atoms with Crippen LogP contribution in [0.3, 0.4) is 0 Å². The normalized spacial score (nSPS) is 16.1. The Labute approximate surface area is 198 Å². The molecule has 0 aliphatic rings. The lowest BCUT2D eigenvalue weighted by molar-refractivity contribution is -0.147. The summed E-state index contributed by atoms with van der Waals surface area (Å²) in [6, 6.07) is -5.07. The van der Waals surface area contributed by atoms with Crippen molar-refractivity contribution in [3.8, 4) is 0 Å². The van der Waals surface area contributed by atoms with E-state index in [4.69, 9.17) is 16.6 Å². The summed E-state index contributed by atoms with van der Waals surface area (Å²) in [5.74, 6) is -6.63. The van der Waals surface area contributed by atoms with Crippen molar-refractivity contribution in [2.24, 2.45) is 23.3 Å². The lowest BCUT2D eigenvalue weighted by Crippen LogP contribution is -2.59. The van der Waals surface area contributed by atoms with Gasteiger partial charge in [0.2, 0.25) is 23.6 Å². The van der Waals surface area contributed by atoms with Gasteiger partial charge in [-0.15, -0.1) is 0 Å². The van der Waals surface area contributed by atoms with Crippen molar-refractivity contribution in [2.45, 2.75) is 84.0 Å². The van der Waals surface area contributed by atoms with Crippen LogP contribution in [0.4, 0.5) is 0 Å². The number of hydrogen-bond donors (Lipinski definition) is 7. The van der Waals surface area contributed by atoms with Gasteiger partial charge in [-0.25, -0.2) is 4.79 Å². The van der Waals surface area contributed by atoms with Crippen LogP contribution in [0.25, 0.3) is 0 Å². The lowest BCUT2D eigenvalue weighted by atomic mass is 9.96. The fourth-order valence-corrected chi connectivity index (χ4v) is 2.93. The molecule has 0 spiro atoms. The van der Waals surface area contributed by atoms with Crippen molar-refractivity contribution in [2.75, 3.05) is 0 Å². The lowest BCUT2D eigenvalue weighted by Gasteiger charge is -2.28. The van der Waals surface area contributed by atoms with E-state index in [1.54, 1.807) is 20.8 Å². The summed E-state index contributed by atoms with van der Waals surface area (Å²) in [5, 5.41) is 25.2. The first kappa shape index (κ1) is 30.8. The summed E-state index contributed by atoms with van der Waals surface area (Å²) in [4.78, 5) is 71.7. The molecule has 0 aromatic rings.